The number of nitrogen functional groups attached to an aromatic ring is 1. The fourth-order valence-electron chi connectivity index (χ4n) is 1.74. The Bertz CT molecular complexity index is 566. The maximum absolute atomic E-state index is 11.9. The van der Waals surface area contributed by atoms with E-state index in [1.165, 1.54) is 10.9 Å². The van der Waals surface area contributed by atoms with Gasteiger partial charge in [-0.15, -0.1) is 0 Å². The first-order valence-corrected chi connectivity index (χ1v) is 6.38. The van der Waals surface area contributed by atoms with Crippen LogP contribution in [-0.2, 0) is 11.3 Å². The summed E-state index contributed by atoms with van der Waals surface area (Å²) in [5.41, 5.74) is 6.30. The third kappa shape index (κ3) is 3.28. The number of esters is 1. The monoisotopic (exact) mass is 275 g/mol. The zero-order valence-electron chi connectivity index (χ0n) is 11.3. The van der Waals surface area contributed by atoms with Crippen molar-refractivity contribution in [3.63, 3.8) is 0 Å². The summed E-state index contributed by atoms with van der Waals surface area (Å²) >= 11 is 0. The zero-order valence-corrected chi connectivity index (χ0v) is 11.3. The minimum absolute atomic E-state index is 0.155. The van der Waals surface area contributed by atoms with Gasteiger partial charge in [-0.2, -0.15) is 5.10 Å². The first kappa shape index (κ1) is 13.9. The third-order valence-electron chi connectivity index (χ3n) is 2.69. The number of carbonyl (C=O) groups excluding carboxylic acids is 1. The van der Waals surface area contributed by atoms with E-state index in [0.29, 0.717) is 12.2 Å². The van der Waals surface area contributed by atoms with E-state index in [9.17, 15) is 4.79 Å². The molecule has 20 heavy (non-hydrogen) atoms. The maximum Gasteiger partial charge on any atom is 0.358 e. The number of benzene rings is 1. The van der Waals surface area contributed by atoms with Crippen molar-refractivity contribution >= 4 is 11.7 Å². The molecular formula is C14H17N3O3. The number of rotatable bonds is 6. The van der Waals surface area contributed by atoms with Crippen molar-refractivity contribution in [1.29, 1.82) is 0 Å². The summed E-state index contributed by atoms with van der Waals surface area (Å²) in [6.45, 7) is 2.88. The Balaban J connectivity index is 1.82. The number of nitrogens with zero attached hydrogens (tertiary/aromatic N) is 2. The molecule has 0 atom stereocenters. The highest BCUT2D eigenvalue weighted by Crippen LogP contribution is 2.12. The van der Waals surface area contributed by atoms with E-state index in [2.05, 4.69) is 5.10 Å². The molecule has 0 aliphatic carbocycles. The Labute approximate surface area is 117 Å². The number of para-hydroxylation sites is 1. The number of aryl methyl sites for hydroxylation is 1. The van der Waals surface area contributed by atoms with Gasteiger partial charge in [-0.1, -0.05) is 18.2 Å². The molecule has 0 spiro atoms. The maximum atomic E-state index is 11.9. The summed E-state index contributed by atoms with van der Waals surface area (Å²) in [6, 6.07) is 9.34. The predicted octanol–water partition coefficient (Wildman–Crippen LogP) is 1.72. The number of hydrogen-bond donors (Lipinski definition) is 1. The van der Waals surface area contributed by atoms with Crippen molar-refractivity contribution in [1.82, 2.24) is 9.78 Å². The van der Waals surface area contributed by atoms with Crippen LogP contribution in [0.25, 0.3) is 0 Å². The van der Waals surface area contributed by atoms with Gasteiger partial charge >= 0.3 is 5.97 Å². The molecule has 0 saturated carbocycles. The minimum atomic E-state index is -0.487. The van der Waals surface area contributed by atoms with E-state index < -0.39 is 5.97 Å². The van der Waals surface area contributed by atoms with Crippen LogP contribution >= 0.6 is 0 Å². The Hall–Kier alpha value is -2.50. The zero-order chi connectivity index (χ0) is 14.4. The van der Waals surface area contributed by atoms with Crippen LogP contribution in [0.1, 0.15) is 17.4 Å². The molecule has 0 aliphatic heterocycles. The van der Waals surface area contributed by atoms with Crippen molar-refractivity contribution in [2.24, 2.45) is 0 Å². The Morgan fingerprint density at radius 2 is 2.05 bits per heavy atom. The van der Waals surface area contributed by atoms with Crippen LogP contribution in [0.3, 0.4) is 0 Å². The first-order valence-electron chi connectivity index (χ1n) is 6.38. The highest BCUT2D eigenvalue weighted by Gasteiger charge is 2.17. The minimum Gasteiger partial charge on any atom is -0.490 e. The highest BCUT2D eigenvalue weighted by atomic mass is 16.6. The van der Waals surface area contributed by atoms with E-state index in [1.54, 1.807) is 0 Å². The molecule has 6 heteroatoms. The summed E-state index contributed by atoms with van der Waals surface area (Å²) in [4.78, 5) is 11.9. The Kier molecular flexibility index (Phi) is 4.60. The van der Waals surface area contributed by atoms with Crippen molar-refractivity contribution in [3.05, 3.63) is 42.2 Å². The van der Waals surface area contributed by atoms with Crippen molar-refractivity contribution < 1.29 is 14.3 Å². The van der Waals surface area contributed by atoms with Gasteiger partial charge in [-0.05, 0) is 19.1 Å². The number of nitrogens with two attached hydrogens (primary N) is 1. The first-order chi connectivity index (χ1) is 9.72. The van der Waals surface area contributed by atoms with Gasteiger partial charge in [0.1, 0.15) is 19.0 Å². The third-order valence-corrected chi connectivity index (χ3v) is 2.69. The Morgan fingerprint density at radius 3 is 2.75 bits per heavy atom. The second-order valence-corrected chi connectivity index (χ2v) is 4.06. The van der Waals surface area contributed by atoms with Crippen LogP contribution in [0.4, 0.5) is 5.69 Å². The molecule has 0 radical (unpaired) electrons. The second-order valence-electron chi connectivity index (χ2n) is 4.06. The molecule has 1 heterocycles. The van der Waals surface area contributed by atoms with Crippen LogP contribution in [-0.4, -0.2) is 29.0 Å². The summed E-state index contributed by atoms with van der Waals surface area (Å²) in [5.74, 6) is 0.250. The molecular weight excluding hydrogens is 258 g/mol. The van der Waals surface area contributed by atoms with Crippen LogP contribution in [0.5, 0.6) is 5.75 Å². The molecule has 106 valence electrons. The standard InChI is InChI=1S/C14H17N3O3/c1-2-17-13(12(15)10-16-17)14(18)20-9-8-19-11-6-4-3-5-7-11/h3-7,10H,2,8-9,15H2,1H3. The molecule has 2 N–H and O–H groups in total. The lowest BCUT2D eigenvalue weighted by atomic mass is 10.3. The summed E-state index contributed by atoms with van der Waals surface area (Å²) in [6.07, 6.45) is 1.45. The van der Waals surface area contributed by atoms with Gasteiger partial charge in [0, 0.05) is 6.54 Å². The number of ether oxygens (including phenoxy) is 2. The molecule has 0 unspecified atom stereocenters. The van der Waals surface area contributed by atoms with E-state index in [4.69, 9.17) is 15.2 Å². The molecule has 0 saturated heterocycles. The normalized spacial score (nSPS) is 10.2. The average Bonchev–Trinajstić information content (AvgIpc) is 2.85. The molecule has 2 aromatic rings. The fourth-order valence-corrected chi connectivity index (χ4v) is 1.74. The van der Waals surface area contributed by atoms with Gasteiger partial charge in [0.15, 0.2) is 5.69 Å². The number of anilines is 1. The molecule has 0 aliphatic rings. The number of aromatic nitrogens is 2. The van der Waals surface area contributed by atoms with Crippen molar-refractivity contribution in [2.45, 2.75) is 13.5 Å². The summed E-state index contributed by atoms with van der Waals surface area (Å²) in [7, 11) is 0. The van der Waals surface area contributed by atoms with E-state index in [1.807, 2.05) is 37.3 Å². The lowest BCUT2D eigenvalue weighted by Crippen LogP contribution is -2.17. The SMILES string of the molecule is CCn1ncc(N)c1C(=O)OCCOc1ccccc1. The molecule has 2 rings (SSSR count). The molecule has 1 aromatic carbocycles. The van der Waals surface area contributed by atoms with Gasteiger partial charge < -0.3 is 15.2 Å². The van der Waals surface area contributed by atoms with E-state index >= 15 is 0 Å². The Morgan fingerprint density at radius 1 is 1.30 bits per heavy atom. The van der Waals surface area contributed by atoms with Gasteiger partial charge in [0.05, 0.1) is 11.9 Å². The van der Waals surface area contributed by atoms with Gasteiger partial charge in [-0.3, -0.25) is 4.68 Å². The van der Waals surface area contributed by atoms with Crippen LogP contribution < -0.4 is 10.5 Å². The summed E-state index contributed by atoms with van der Waals surface area (Å²) in [5, 5.41) is 3.99. The number of hydrogen-bond acceptors (Lipinski definition) is 5. The van der Waals surface area contributed by atoms with Crippen molar-refractivity contribution in [2.75, 3.05) is 18.9 Å². The van der Waals surface area contributed by atoms with E-state index in [-0.39, 0.29) is 18.9 Å². The molecule has 0 amide bonds. The molecule has 1 aromatic heterocycles. The second kappa shape index (κ2) is 6.60. The largest absolute Gasteiger partial charge is 0.490 e. The van der Waals surface area contributed by atoms with Crippen LogP contribution in [0.15, 0.2) is 36.5 Å². The van der Waals surface area contributed by atoms with Gasteiger partial charge in [0.25, 0.3) is 0 Å². The summed E-state index contributed by atoms with van der Waals surface area (Å²) < 4.78 is 12.1. The van der Waals surface area contributed by atoms with Gasteiger partial charge in [0.2, 0.25) is 0 Å². The lowest BCUT2D eigenvalue weighted by molar-refractivity contribution is 0.0438. The molecule has 6 nitrogen and oxygen atoms in total. The quantitative estimate of drug-likeness (QED) is 0.641. The number of carbonyl (C=O) groups is 1. The van der Waals surface area contributed by atoms with Crippen LogP contribution in [0.2, 0.25) is 0 Å². The van der Waals surface area contributed by atoms with E-state index in [0.717, 1.165) is 5.75 Å². The average molecular weight is 275 g/mol. The smallest absolute Gasteiger partial charge is 0.358 e. The molecule has 0 fully saturated rings. The molecule has 0 bridgehead atoms. The topological polar surface area (TPSA) is 79.4 Å². The fraction of sp³-hybridized carbons (Fsp3) is 0.286. The highest BCUT2D eigenvalue weighted by molar-refractivity contribution is 5.93. The lowest BCUT2D eigenvalue weighted by Gasteiger charge is -2.08. The van der Waals surface area contributed by atoms with Crippen molar-refractivity contribution in [3.8, 4) is 5.75 Å². The van der Waals surface area contributed by atoms with Gasteiger partial charge in [-0.25, -0.2) is 4.79 Å². The predicted molar refractivity (Wildman–Crippen MR) is 74.5 cm³/mol. The van der Waals surface area contributed by atoms with Crippen LogP contribution in [0, 0.1) is 0 Å².